The van der Waals surface area contributed by atoms with Gasteiger partial charge in [0.2, 0.25) is 5.91 Å². The number of thioether (sulfide) groups is 1. The van der Waals surface area contributed by atoms with Gasteiger partial charge in [0.05, 0.1) is 5.37 Å². The van der Waals surface area contributed by atoms with Crippen LogP contribution in [-0.2, 0) is 9.59 Å². The molecule has 112 valence electrons. The molecule has 1 amide bonds. The number of carboxylic acids is 1. The van der Waals surface area contributed by atoms with Crippen molar-refractivity contribution >= 4 is 35.4 Å². The van der Waals surface area contributed by atoms with E-state index >= 15 is 0 Å². The number of amides is 1. The fraction of sp³-hybridized carbons (Fsp3) is 0.333. The fourth-order valence-corrected chi connectivity index (χ4v) is 3.63. The Morgan fingerprint density at radius 1 is 1.52 bits per heavy atom. The number of aliphatic carboxylic acids is 1. The van der Waals surface area contributed by atoms with Gasteiger partial charge in [-0.25, -0.2) is 4.79 Å². The third kappa shape index (κ3) is 3.58. The number of nitrogen functional groups attached to an aromatic ring is 1. The number of carboxylic acid groups (broad SMARTS) is 1. The average molecular weight is 306 g/mol. The first-order valence-electron chi connectivity index (χ1n) is 6.73. The van der Waals surface area contributed by atoms with E-state index in [2.05, 4.69) is 0 Å². The SMILES string of the molecule is CCC1SCC(C(=O)O)N1C(=O)/C=C/c1cccc(N)c1. The molecule has 2 rings (SSSR count). The number of hydrogen-bond acceptors (Lipinski definition) is 4. The van der Waals surface area contributed by atoms with Crippen molar-refractivity contribution in [3.63, 3.8) is 0 Å². The molecule has 1 aromatic carbocycles. The molecular formula is C15H18N2O3S. The number of carbonyl (C=O) groups is 2. The van der Waals surface area contributed by atoms with Crippen molar-refractivity contribution in [1.82, 2.24) is 4.90 Å². The minimum absolute atomic E-state index is 0.0795. The van der Waals surface area contributed by atoms with Gasteiger partial charge < -0.3 is 15.7 Å². The Morgan fingerprint density at radius 3 is 2.90 bits per heavy atom. The second-order valence-electron chi connectivity index (χ2n) is 4.80. The standard InChI is InChI=1S/C15H18N2O3S/c1-2-14-17(12(9-21-14)15(19)20)13(18)7-6-10-4-3-5-11(16)8-10/h3-8,12,14H,2,9,16H2,1H3,(H,19,20)/b7-6+. The zero-order chi connectivity index (χ0) is 15.4. The molecule has 0 saturated carbocycles. The quantitative estimate of drug-likeness (QED) is 0.657. The zero-order valence-corrected chi connectivity index (χ0v) is 12.5. The summed E-state index contributed by atoms with van der Waals surface area (Å²) in [6.45, 7) is 1.95. The Labute approximate surface area is 127 Å². The molecule has 6 heteroatoms. The molecule has 1 aliphatic rings. The molecule has 21 heavy (non-hydrogen) atoms. The molecule has 1 aliphatic heterocycles. The van der Waals surface area contributed by atoms with E-state index < -0.39 is 12.0 Å². The largest absolute Gasteiger partial charge is 0.480 e. The van der Waals surface area contributed by atoms with Crippen LogP contribution in [0, 0.1) is 0 Å². The smallest absolute Gasteiger partial charge is 0.327 e. The maximum Gasteiger partial charge on any atom is 0.327 e. The lowest BCUT2D eigenvalue weighted by atomic mass is 10.2. The summed E-state index contributed by atoms with van der Waals surface area (Å²) in [5.74, 6) is -0.794. The second kappa shape index (κ2) is 6.67. The Hall–Kier alpha value is -1.95. The van der Waals surface area contributed by atoms with Gasteiger partial charge in [0.25, 0.3) is 0 Å². The molecule has 1 heterocycles. The first-order valence-corrected chi connectivity index (χ1v) is 7.78. The summed E-state index contributed by atoms with van der Waals surface area (Å²) in [4.78, 5) is 25.0. The van der Waals surface area contributed by atoms with Gasteiger partial charge in [-0.05, 0) is 30.2 Å². The Balaban J connectivity index is 2.15. The summed E-state index contributed by atoms with van der Waals surface area (Å²) in [7, 11) is 0. The van der Waals surface area contributed by atoms with Crippen LogP contribution in [0.5, 0.6) is 0 Å². The highest BCUT2D eigenvalue weighted by Crippen LogP contribution is 2.31. The van der Waals surface area contributed by atoms with Crippen LogP contribution < -0.4 is 5.73 Å². The van der Waals surface area contributed by atoms with Gasteiger partial charge in [0.1, 0.15) is 6.04 Å². The highest BCUT2D eigenvalue weighted by Gasteiger charge is 2.39. The zero-order valence-electron chi connectivity index (χ0n) is 11.7. The lowest BCUT2D eigenvalue weighted by molar-refractivity contribution is -0.147. The maximum absolute atomic E-state index is 12.3. The molecule has 1 saturated heterocycles. The van der Waals surface area contributed by atoms with E-state index in [9.17, 15) is 14.7 Å². The van der Waals surface area contributed by atoms with Crippen LogP contribution in [0.3, 0.4) is 0 Å². The third-order valence-electron chi connectivity index (χ3n) is 3.31. The predicted octanol–water partition coefficient (Wildman–Crippen LogP) is 2.05. The van der Waals surface area contributed by atoms with Crippen molar-refractivity contribution < 1.29 is 14.7 Å². The van der Waals surface area contributed by atoms with Crippen molar-refractivity contribution in [3.8, 4) is 0 Å². The maximum atomic E-state index is 12.3. The van der Waals surface area contributed by atoms with Crippen LogP contribution in [0.4, 0.5) is 5.69 Å². The van der Waals surface area contributed by atoms with Crippen molar-refractivity contribution in [2.24, 2.45) is 0 Å². The molecule has 5 nitrogen and oxygen atoms in total. The first-order chi connectivity index (χ1) is 10.0. The van der Waals surface area contributed by atoms with Crippen LogP contribution >= 0.6 is 11.8 Å². The lowest BCUT2D eigenvalue weighted by Gasteiger charge is -2.25. The number of carbonyl (C=O) groups excluding carboxylic acids is 1. The van der Waals surface area contributed by atoms with Crippen LogP contribution in [0.1, 0.15) is 18.9 Å². The molecule has 1 fully saturated rings. The van der Waals surface area contributed by atoms with Gasteiger partial charge in [-0.3, -0.25) is 4.79 Å². The van der Waals surface area contributed by atoms with E-state index in [0.717, 1.165) is 12.0 Å². The van der Waals surface area contributed by atoms with Crippen LogP contribution in [0.25, 0.3) is 6.08 Å². The minimum Gasteiger partial charge on any atom is -0.480 e. The number of anilines is 1. The molecule has 0 aromatic heterocycles. The molecule has 0 radical (unpaired) electrons. The van der Waals surface area contributed by atoms with Gasteiger partial charge in [0, 0.05) is 17.5 Å². The number of hydrogen-bond donors (Lipinski definition) is 2. The van der Waals surface area contributed by atoms with Gasteiger partial charge >= 0.3 is 5.97 Å². The Morgan fingerprint density at radius 2 is 2.29 bits per heavy atom. The molecule has 2 atom stereocenters. The monoisotopic (exact) mass is 306 g/mol. The second-order valence-corrected chi connectivity index (χ2v) is 6.01. The fourth-order valence-electron chi connectivity index (χ4n) is 2.28. The molecule has 1 aromatic rings. The number of benzene rings is 1. The van der Waals surface area contributed by atoms with E-state index in [0.29, 0.717) is 11.4 Å². The minimum atomic E-state index is -0.954. The number of nitrogens with two attached hydrogens (primary N) is 1. The number of nitrogens with zero attached hydrogens (tertiary/aromatic N) is 1. The predicted molar refractivity (Wildman–Crippen MR) is 84.7 cm³/mol. The van der Waals surface area contributed by atoms with E-state index in [1.165, 1.54) is 22.7 Å². The summed E-state index contributed by atoms with van der Waals surface area (Å²) < 4.78 is 0. The van der Waals surface area contributed by atoms with E-state index in [1.807, 2.05) is 13.0 Å². The van der Waals surface area contributed by atoms with Crippen molar-refractivity contribution in [2.75, 3.05) is 11.5 Å². The summed E-state index contributed by atoms with van der Waals surface area (Å²) in [5.41, 5.74) is 7.12. The van der Waals surface area contributed by atoms with Gasteiger partial charge in [-0.2, -0.15) is 0 Å². The van der Waals surface area contributed by atoms with Crippen molar-refractivity contribution in [1.29, 1.82) is 0 Å². The Bertz CT molecular complexity index is 574. The molecular weight excluding hydrogens is 288 g/mol. The van der Waals surface area contributed by atoms with E-state index in [4.69, 9.17) is 5.73 Å². The summed E-state index contributed by atoms with van der Waals surface area (Å²) in [5, 5.41) is 9.14. The molecule has 3 N–H and O–H groups in total. The normalized spacial score (nSPS) is 21.9. The summed E-state index contributed by atoms with van der Waals surface area (Å²) >= 11 is 1.51. The van der Waals surface area contributed by atoms with Crippen LogP contribution in [-0.4, -0.2) is 39.1 Å². The average Bonchev–Trinajstić information content (AvgIpc) is 2.89. The van der Waals surface area contributed by atoms with Gasteiger partial charge in [-0.1, -0.05) is 19.1 Å². The molecule has 0 aliphatic carbocycles. The van der Waals surface area contributed by atoms with E-state index in [1.54, 1.807) is 24.3 Å². The molecule has 0 bridgehead atoms. The summed E-state index contributed by atoms with van der Waals surface area (Å²) in [6.07, 6.45) is 3.80. The Kier molecular flexibility index (Phi) is 4.90. The third-order valence-corrected chi connectivity index (χ3v) is 4.76. The van der Waals surface area contributed by atoms with Crippen LogP contribution in [0.2, 0.25) is 0 Å². The highest BCUT2D eigenvalue weighted by molar-refractivity contribution is 8.00. The topological polar surface area (TPSA) is 83.6 Å². The van der Waals surface area contributed by atoms with Crippen molar-refractivity contribution in [3.05, 3.63) is 35.9 Å². The first kappa shape index (κ1) is 15.4. The van der Waals surface area contributed by atoms with Crippen molar-refractivity contribution in [2.45, 2.75) is 24.8 Å². The molecule has 0 spiro atoms. The number of rotatable bonds is 4. The van der Waals surface area contributed by atoms with Gasteiger partial charge in [-0.15, -0.1) is 11.8 Å². The lowest BCUT2D eigenvalue weighted by Crippen LogP contribution is -2.44. The van der Waals surface area contributed by atoms with E-state index in [-0.39, 0.29) is 11.3 Å². The highest BCUT2D eigenvalue weighted by atomic mass is 32.2. The summed E-state index contributed by atoms with van der Waals surface area (Å²) in [6, 6.07) is 6.42. The van der Waals surface area contributed by atoms with Crippen LogP contribution in [0.15, 0.2) is 30.3 Å². The van der Waals surface area contributed by atoms with Gasteiger partial charge in [0.15, 0.2) is 0 Å². The molecule has 2 unspecified atom stereocenters.